The number of nitrogens with zero attached hydrogens (tertiary/aromatic N) is 3. The highest BCUT2D eigenvalue weighted by Gasteiger charge is 2.22. The molecule has 4 heteroatoms. The molecule has 4 nitrogen and oxygen atoms in total. The van der Waals surface area contributed by atoms with Crippen molar-refractivity contribution in [3.05, 3.63) is 0 Å². The van der Waals surface area contributed by atoms with E-state index in [2.05, 4.69) is 11.4 Å². The normalized spacial score (nSPS) is 17.2. The molecule has 0 spiro atoms. The van der Waals surface area contributed by atoms with Crippen molar-refractivity contribution in [3.63, 3.8) is 0 Å². The highest BCUT2D eigenvalue weighted by Crippen LogP contribution is 1.94. The standard InChI is InChI=1S/C4H9N4/c1-2-8-4-7(5)3-6-8/h2,4-5H2,1H3/q+1. The van der Waals surface area contributed by atoms with Gasteiger partial charge in [-0.05, 0) is 6.92 Å². The molecule has 0 amide bonds. The van der Waals surface area contributed by atoms with Crippen LogP contribution in [-0.4, -0.2) is 29.6 Å². The van der Waals surface area contributed by atoms with E-state index in [0.717, 1.165) is 6.54 Å². The van der Waals surface area contributed by atoms with E-state index in [4.69, 9.17) is 5.84 Å². The molecule has 1 rings (SSSR count). The number of hydrazone groups is 1. The van der Waals surface area contributed by atoms with Crippen LogP contribution in [0.2, 0.25) is 0 Å². The average Bonchev–Trinajstić information content (AvgIpc) is 2.14. The van der Waals surface area contributed by atoms with Crippen LogP contribution in [0.3, 0.4) is 0 Å². The molecule has 0 fully saturated rings. The summed E-state index contributed by atoms with van der Waals surface area (Å²) in [5, 5.41) is 7.06. The molecule has 0 atom stereocenters. The lowest BCUT2D eigenvalue weighted by Crippen LogP contribution is -2.31. The quantitative estimate of drug-likeness (QED) is 0.360. The van der Waals surface area contributed by atoms with Crippen LogP contribution in [0.25, 0.3) is 0 Å². The van der Waals surface area contributed by atoms with Gasteiger partial charge in [0.2, 0.25) is 0 Å². The Morgan fingerprint density at radius 3 is 2.88 bits per heavy atom. The van der Waals surface area contributed by atoms with Gasteiger partial charge in [0.1, 0.15) is 5.10 Å². The monoisotopic (exact) mass is 113 g/mol. The number of hydrogen-bond donors (Lipinski definition) is 1. The van der Waals surface area contributed by atoms with Gasteiger partial charge in [-0.25, -0.2) is 10.9 Å². The van der Waals surface area contributed by atoms with Gasteiger partial charge in [0.15, 0.2) is 6.67 Å². The molecule has 44 valence electrons. The lowest BCUT2D eigenvalue weighted by molar-refractivity contribution is 0.248. The van der Waals surface area contributed by atoms with Crippen molar-refractivity contribution in [3.8, 4) is 0 Å². The van der Waals surface area contributed by atoms with Crippen molar-refractivity contribution >= 4 is 6.34 Å². The summed E-state index contributed by atoms with van der Waals surface area (Å²) in [6, 6.07) is 0. The van der Waals surface area contributed by atoms with E-state index < -0.39 is 0 Å². The molecule has 0 aromatic carbocycles. The van der Waals surface area contributed by atoms with E-state index in [1.165, 1.54) is 5.01 Å². The minimum absolute atomic E-state index is 0.663. The van der Waals surface area contributed by atoms with E-state index in [0.29, 0.717) is 6.67 Å². The fraction of sp³-hybridized carbons (Fsp3) is 0.750. The van der Waals surface area contributed by atoms with Crippen LogP contribution >= 0.6 is 0 Å². The fourth-order valence-corrected chi connectivity index (χ4v) is 0.531. The van der Waals surface area contributed by atoms with Crippen LogP contribution in [0.1, 0.15) is 6.92 Å². The topological polar surface area (TPSA) is 44.9 Å². The summed E-state index contributed by atoms with van der Waals surface area (Å²) in [6.45, 7) is 3.57. The Bertz CT molecular complexity index is 100. The van der Waals surface area contributed by atoms with Gasteiger partial charge in [-0.1, -0.05) is 5.01 Å². The molecule has 0 radical (unpaired) electrons. The zero-order valence-corrected chi connectivity index (χ0v) is 4.83. The average molecular weight is 113 g/mol. The first kappa shape index (κ1) is 5.28. The minimum atomic E-state index is 0.663. The zero-order chi connectivity index (χ0) is 5.98. The summed E-state index contributed by atoms with van der Waals surface area (Å²) in [6.07, 6.45) is 2.58. The Hall–Kier alpha value is -0.860. The highest BCUT2D eigenvalue weighted by molar-refractivity contribution is 5.54. The third-order valence-electron chi connectivity index (χ3n) is 0.995. The first-order chi connectivity index (χ1) is 3.83. The van der Waals surface area contributed by atoms with Gasteiger partial charge in [-0.3, -0.25) is 0 Å². The second-order valence-electron chi connectivity index (χ2n) is 1.63. The molecule has 1 heterocycles. The predicted octanol–water partition coefficient (Wildman–Crippen LogP) is -0.725. The Labute approximate surface area is 48.5 Å². The smallest absolute Gasteiger partial charge is 0.223 e. The Morgan fingerprint density at radius 1 is 1.88 bits per heavy atom. The Morgan fingerprint density at radius 2 is 2.62 bits per heavy atom. The van der Waals surface area contributed by atoms with E-state index >= 15 is 0 Å². The molecule has 0 unspecified atom stereocenters. The summed E-state index contributed by atoms with van der Waals surface area (Å²) in [4.78, 5) is 0. The molecule has 1 aliphatic heterocycles. The second kappa shape index (κ2) is 1.94. The molecule has 8 heavy (non-hydrogen) atoms. The number of rotatable bonds is 1. The fourth-order valence-electron chi connectivity index (χ4n) is 0.531. The van der Waals surface area contributed by atoms with Crippen LogP contribution in [-0.2, 0) is 0 Å². The van der Waals surface area contributed by atoms with Crippen LogP contribution < -0.4 is 5.84 Å². The maximum absolute atomic E-state index is 5.29. The van der Waals surface area contributed by atoms with Crippen molar-refractivity contribution in [1.82, 2.24) is 10.0 Å². The molecule has 0 saturated heterocycles. The van der Waals surface area contributed by atoms with Gasteiger partial charge in [0.05, 0.1) is 0 Å². The van der Waals surface area contributed by atoms with E-state index in [9.17, 15) is 0 Å². The van der Waals surface area contributed by atoms with Crippen LogP contribution in [0, 0.1) is 0 Å². The molecular formula is C4H9N4+. The molecule has 0 aromatic heterocycles. The Kier molecular flexibility index (Phi) is 1.28. The van der Waals surface area contributed by atoms with Gasteiger partial charge >= 0.3 is 6.34 Å². The van der Waals surface area contributed by atoms with Crippen LogP contribution in [0.5, 0.6) is 0 Å². The maximum atomic E-state index is 5.29. The van der Waals surface area contributed by atoms with Crippen molar-refractivity contribution in [2.45, 2.75) is 6.92 Å². The highest BCUT2D eigenvalue weighted by atomic mass is 15.6. The van der Waals surface area contributed by atoms with Crippen molar-refractivity contribution in [1.29, 1.82) is 0 Å². The molecule has 0 aliphatic carbocycles. The van der Waals surface area contributed by atoms with Gasteiger partial charge in [0, 0.05) is 6.54 Å². The molecule has 0 aromatic rings. The third kappa shape index (κ3) is 0.857. The summed E-state index contributed by atoms with van der Waals surface area (Å²) in [7, 11) is 0. The van der Waals surface area contributed by atoms with Crippen molar-refractivity contribution in [2.24, 2.45) is 10.9 Å². The molecule has 0 bridgehead atoms. The summed E-state index contributed by atoms with van der Waals surface area (Å²) in [5.74, 6) is 5.29. The molecule has 0 saturated carbocycles. The van der Waals surface area contributed by atoms with Crippen molar-refractivity contribution in [2.75, 3.05) is 13.2 Å². The predicted molar refractivity (Wildman–Crippen MR) is 30.7 cm³/mol. The van der Waals surface area contributed by atoms with Gasteiger partial charge in [-0.15, -0.1) is 0 Å². The lowest BCUT2D eigenvalue weighted by Gasteiger charge is -2.02. The first-order valence-corrected chi connectivity index (χ1v) is 2.56. The van der Waals surface area contributed by atoms with Crippen LogP contribution in [0.4, 0.5) is 0 Å². The zero-order valence-electron chi connectivity index (χ0n) is 4.83. The molecule has 2 N–H and O–H groups in total. The Balaban J connectivity index is 2.34. The largest absolute Gasteiger partial charge is 0.561 e. The van der Waals surface area contributed by atoms with Gasteiger partial charge < -0.3 is 0 Å². The summed E-state index contributed by atoms with van der Waals surface area (Å²) >= 11 is 0. The number of hydrazine groups is 1. The van der Waals surface area contributed by atoms with E-state index in [-0.39, 0.29) is 0 Å². The van der Waals surface area contributed by atoms with Gasteiger partial charge in [0.25, 0.3) is 0 Å². The number of nitrogens with two attached hydrogens (primary N) is 1. The molecule has 1 aliphatic rings. The second-order valence-corrected chi connectivity index (χ2v) is 1.63. The molecular weight excluding hydrogens is 104 g/mol. The van der Waals surface area contributed by atoms with Crippen LogP contribution in [0.15, 0.2) is 5.10 Å². The lowest BCUT2D eigenvalue weighted by atomic mass is 10.7. The summed E-state index contributed by atoms with van der Waals surface area (Å²) in [5.41, 5.74) is 0. The minimum Gasteiger partial charge on any atom is -0.223 e. The van der Waals surface area contributed by atoms with Crippen molar-refractivity contribution < 1.29 is 0 Å². The van der Waals surface area contributed by atoms with E-state index in [1.807, 2.05) is 11.9 Å². The third-order valence-corrected chi connectivity index (χ3v) is 0.995. The van der Waals surface area contributed by atoms with E-state index in [1.54, 1.807) is 0 Å². The maximum Gasteiger partial charge on any atom is 0.561 e. The van der Waals surface area contributed by atoms with Gasteiger partial charge in [-0.2, -0.15) is 0 Å². The SMILES string of the molecule is CCN1CN(N)[C+]=N1. The number of hydrogen-bond acceptors (Lipinski definition) is 4. The summed E-state index contributed by atoms with van der Waals surface area (Å²) < 4.78 is 0. The first-order valence-electron chi connectivity index (χ1n) is 2.56.